The van der Waals surface area contributed by atoms with Gasteiger partial charge in [0.05, 0.1) is 5.56 Å². The first kappa shape index (κ1) is 26.4. The molecule has 0 saturated heterocycles. The lowest BCUT2D eigenvalue weighted by Crippen LogP contribution is -2.16. The summed E-state index contributed by atoms with van der Waals surface area (Å²) in [5.74, 6) is -18.2. The van der Waals surface area contributed by atoms with E-state index in [2.05, 4.69) is 0 Å². The van der Waals surface area contributed by atoms with Crippen molar-refractivity contribution in [2.45, 2.75) is 6.18 Å². The number of alkyl halides is 3. The zero-order valence-corrected chi connectivity index (χ0v) is 18.7. The molecule has 0 saturated carbocycles. The molecular weight excluding hydrogens is 552 g/mol. The smallest absolute Gasteiger partial charge is 0.206 e. The van der Waals surface area contributed by atoms with Gasteiger partial charge in [-0.3, -0.25) is 0 Å². The molecule has 0 amide bonds. The molecule has 12 heteroatoms. The maximum atomic E-state index is 15.3. The maximum Gasteiger partial charge on any atom is 0.422 e. The molecule has 5 aromatic carbocycles. The van der Waals surface area contributed by atoms with Crippen molar-refractivity contribution in [1.82, 2.24) is 0 Å². The Kier molecular flexibility index (Phi) is 6.04. The first-order valence-electron chi connectivity index (χ1n) is 10.7. The molecule has 39 heavy (non-hydrogen) atoms. The van der Waals surface area contributed by atoms with E-state index in [0.717, 1.165) is 18.2 Å². The van der Waals surface area contributed by atoms with Crippen LogP contribution in [0.5, 0.6) is 0 Å². The van der Waals surface area contributed by atoms with E-state index in [1.807, 2.05) is 0 Å². The van der Waals surface area contributed by atoms with E-state index in [1.165, 1.54) is 0 Å². The molecule has 200 valence electrons. The van der Waals surface area contributed by atoms with Crippen molar-refractivity contribution in [1.29, 1.82) is 0 Å². The van der Waals surface area contributed by atoms with Gasteiger partial charge in [-0.15, -0.1) is 0 Å². The van der Waals surface area contributed by atoms with Gasteiger partial charge in [-0.1, -0.05) is 18.2 Å². The van der Waals surface area contributed by atoms with Gasteiger partial charge < -0.3 is 0 Å². The van der Waals surface area contributed by atoms with Crippen LogP contribution in [0.15, 0.2) is 48.5 Å². The van der Waals surface area contributed by atoms with Gasteiger partial charge >= 0.3 is 6.18 Å². The summed E-state index contributed by atoms with van der Waals surface area (Å²) in [6.45, 7) is 0. The fourth-order valence-electron chi connectivity index (χ4n) is 4.59. The van der Waals surface area contributed by atoms with Crippen molar-refractivity contribution < 1.29 is 52.7 Å². The standard InChI is InChI=1S/C27H8F12/c28-11-5-4-9(8-15(11)32)16-10-2-1-3-12(29)17(10)20(19-14(31)7-6-13(30)18(16)19)21-23(33)25(35)22(27(37,38)39)26(36)24(21)34/h1-8H. The van der Waals surface area contributed by atoms with Gasteiger partial charge in [0.2, 0.25) is 0 Å². The lowest BCUT2D eigenvalue weighted by atomic mass is 9.84. The summed E-state index contributed by atoms with van der Waals surface area (Å²) in [7, 11) is 0. The summed E-state index contributed by atoms with van der Waals surface area (Å²) in [5.41, 5.74) is -7.09. The van der Waals surface area contributed by atoms with E-state index < -0.39 is 102 Å². The van der Waals surface area contributed by atoms with E-state index in [4.69, 9.17) is 0 Å². The molecule has 0 fully saturated rings. The molecule has 0 nitrogen and oxygen atoms in total. The molecule has 0 atom stereocenters. The molecule has 0 bridgehead atoms. The summed E-state index contributed by atoms with van der Waals surface area (Å²) in [6.07, 6.45) is -5.91. The average Bonchev–Trinajstić information content (AvgIpc) is 2.86. The third-order valence-corrected chi connectivity index (χ3v) is 6.14. The van der Waals surface area contributed by atoms with Crippen LogP contribution in [0.25, 0.3) is 43.8 Å². The Labute approximate surface area is 209 Å². The van der Waals surface area contributed by atoms with Gasteiger partial charge in [0, 0.05) is 27.3 Å². The quantitative estimate of drug-likeness (QED) is 0.115. The third-order valence-electron chi connectivity index (χ3n) is 6.14. The second-order valence-electron chi connectivity index (χ2n) is 8.32. The number of hydrogen-bond acceptors (Lipinski definition) is 0. The molecule has 0 heterocycles. The van der Waals surface area contributed by atoms with Crippen LogP contribution in [-0.4, -0.2) is 0 Å². The molecule has 0 unspecified atom stereocenters. The predicted molar refractivity (Wildman–Crippen MR) is 117 cm³/mol. The van der Waals surface area contributed by atoms with Crippen molar-refractivity contribution in [2.75, 3.05) is 0 Å². The number of benzene rings is 5. The molecular formula is C27H8F12. The summed E-state index contributed by atoms with van der Waals surface area (Å²) < 4.78 is 172. The minimum Gasteiger partial charge on any atom is -0.206 e. The molecule has 0 spiro atoms. The van der Waals surface area contributed by atoms with Crippen molar-refractivity contribution in [2.24, 2.45) is 0 Å². The topological polar surface area (TPSA) is 0 Å². The lowest BCUT2D eigenvalue weighted by molar-refractivity contribution is -0.143. The van der Waals surface area contributed by atoms with Crippen LogP contribution < -0.4 is 0 Å². The fourth-order valence-corrected chi connectivity index (χ4v) is 4.59. The third kappa shape index (κ3) is 3.88. The fraction of sp³-hybridized carbons (Fsp3) is 0.0370. The van der Waals surface area contributed by atoms with Crippen LogP contribution >= 0.6 is 0 Å². The SMILES string of the molecule is Fc1ccc(-c2c3cccc(F)c3c(-c3c(F)c(F)c(C(F)(F)F)c(F)c3F)c3c(F)ccc(F)c23)cc1F. The highest BCUT2D eigenvalue weighted by molar-refractivity contribution is 6.22. The molecule has 0 aromatic heterocycles. The normalized spacial score (nSPS) is 12.1. The highest BCUT2D eigenvalue weighted by Crippen LogP contribution is 2.49. The van der Waals surface area contributed by atoms with Crippen LogP contribution in [0.1, 0.15) is 5.56 Å². The Bertz CT molecular complexity index is 1810. The average molecular weight is 560 g/mol. The summed E-state index contributed by atoms with van der Waals surface area (Å²) in [5, 5.41) is -3.62. The van der Waals surface area contributed by atoms with Gasteiger partial charge in [0.1, 0.15) is 23.0 Å². The minimum absolute atomic E-state index is 0.365. The first-order valence-corrected chi connectivity index (χ1v) is 10.7. The van der Waals surface area contributed by atoms with Crippen LogP contribution in [0.2, 0.25) is 0 Å². The molecule has 0 aliphatic heterocycles. The summed E-state index contributed by atoms with van der Waals surface area (Å²) in [6, 6.07) is 5.63. The Morgan fingerprint density at radius 3 is 1.49 bits per heavy atom. The summed E-state index contributed by atoms with van der Waals surface area (Å²) in [4.78, 5) is 0. The molecule has 0 aliphatic rings. The Balaban J connectivity index is 2.11. The zero-order valence-electron chi connectivity index (χ0n) is 18.7. The van der Waals surface area contributed by atoms with E-state index in [-0.39, 0.29) is 5.56 Å². The van der Waals surface area contributed by atoms with E-state index >= 15 is 22.0 Å². The van der Waals surface area contributed by atoms with Gasteiger partial charge in [-0.25, -0.2) is 39.5 Å². The zero-order chi connectivity index (χ0) is 28.5. The number of rotatable bonds is 2. The minimum atomic E-state index is -5.91. The van der Waals surface area contributed by atoms with Gasteiger partial charge in [-0.2, -0.15) is 13.2 Å². The van der Waals surface area contributed by atoms with E-state index in [0.29, 0.717) is 30.3 Å². The number of halogens is 12. The number of hydrogen-bond donors (Lipinski definition) is 0. The summed E-state index contributed by atoms with van der Waals surface area (Å²) >= 11 is 0. The van der Waals surface area contributed by atoms with E-state index in [9.17, 15) is 30.7 Å². The second kappa shape index (κ2) is 8.92. The van der Waals surface area contributed by atoms with Crippen LogP contribution in [0.4, 0.5) is 52.7 Å². The Hall–Kier alpha value is -4.22. The second-order valence-corrected chi connectivity index (χ2v) is 8.32. The monoisotopic (exact) mass is 560 g/mol. The lowest BCUT2D eigenvalue weighted by Gasteiger charge is -2.21. The molecule has 5 aromatic rings. The van der Waals surface area contributed by atoms with Crippen molar-refractivity contribution in [3.63, 3.8) is 0 Å². The van der Waals surface area contributed by atoms with Crippen molar-refractivity contribution in [3.05, 3.63) is 106 Å². The predicted octanol–water partition coefficient (Wildman–Crippen LogP) is 9.60. The molecule has 0 radical (unpaired) electrons. The largest absolute Gasteiger partial charge is 0.422 e. The van der Waals surface area contributed by atoms with Crippen LogP contribution in [-0.2, 0) is 6.18 Å². The van der Waals surface area contributed by atoms with Crippen LogP contribution in [0, 0.1) is 52.4 Å². The number of fused-ring (bicyclic) bond motifs is 2. The van der Waals surface area contributed by atoms with Gasteiger partial charge in [0.15, 0.2) is 34.9 Å². The molecule has 0 N–H and O–H groups in total. The van der Waals surface area contributed by atoms with Crippen molar-refractivity contribution >= 4 is 21.5 Å². The highest BCUT2D eigenvalue weighted by atomic mass is 19.4. The van der Waals surface area contributed by atoms with Gasteiger partial charge in [-0.05, 0) is 41.3 Å². The Morgan fingerprint density at radius 1 is 0.436 bits per heavy atom. The van der Waals surface area contributed by atoms with Crippen molar-refractivity contribution in [3.8, 4) is 22.3 Å². The molecule has 5 rings (SSSR count). The maximum absolute atomic E-state index is 15.3. The molecule has 0 aliphatic carbocycles. The van der Waals surface area contributed by atoms with E-state index in [1.54, 1.807) is 0 Å². The van der Waals surface area contributed by atoms with Crippen LogP contribution in [0.3, 0.4) is 0 Å². The van der Waals surface area contributed by atoms with Gasteiger partial charge in [0.25, 0.3) is 0 Å². The first-order chi connectivity index (χ1) is 18.3. The Morgan fingerprint density at radius 2 is 0.949 bits per heavy atom. The highest BCUT2D eigenvalue weighted by Gasteiger charge is 2.43.